The molecule has 110 valence electrons. The Morgan fingerprint density at radius 3 is 2.68 bits per heavy atom. The lowest BCUT2D eigenvalue weighted by atomic mass is 9.97. The lowest BCUT2D eigenvalue weighted by Crippen LogP contribution is -2.44. The third kappa shape index (κ3) is 5.16. The van der Waals surface area contributed by atoms with Crippen LogP contribution in [-0.2, 0) is 9.53 Å². The van der Waals surface area contributed by atoms with Gasteiger partial charge in [0.05, 0.1) is 6.61 Å². The number of hydrogen-bond donors (Lipinski definition) is 3. The van der Waals surface area contributed by atoms with Gasteiger partial charge in [-0.25, -0.2) is 4.79 Å². The molecule has 19 heavy (non-hydrogen) atoms. The van der Waals surface area contributed by atoms with Gasteiger partial charge in [-0.1, -0.05) is 6.42 Å². The summed E-state index contributed by atoms with van der Waals surface area (Å²) in [5.74, 6) is 0.525. The predicted molar refractivity (Wildman–Crippen MR) is 72.5 cm³/mol. The Labute approximate surface area is 114 Å². The molecular weight excluding hydrogens is 246 g/mol. The molecule has 0 saturated heterocycles. The van der Waals surface area contributed by atoms with Crippen LogP contribution in [0.5, 0.6) is 0 Å². The Bertz CT molecular complexity index is 310. The summed E-state index contributed by atoms with van der Waals surface area (Å²) >= 11 is 0. The zero-order valence-electron chi connectivity index (χ0n) is 11.8. The fourth-order valence-electron chi connectivity index (χ4n) is 2.41. The van der Waals surface area contributed by atoms with Crippen molar-refractivity contribution in [2.24, 2.45) is 17.6 Å². The summed E-state index contributed by atoms with van der Waals surface area (Å²) in [4.78, 5) is 22.9. The summed E-state index contributed by atoms with van der Waals surface area (Å²) in [5.41, 5.74) is 5.70. The normalized spacial score (nSPS) is 23.9. The van der Waals surface area contributed by atoms with Crippen LogP contribution in [0.4, 0.5) is 4.79 Å². The van der Waals surface area contributed by atoms with Crippen LogP contribution in [0.3, 0.4) is 0 Å². The molecule has 6 heteroatoms. The van der Waals surface area contributed by atoms with Crippen LogP contribution in [0.2, 0.25) is 0 Å². The molecule has 1 rings (SSSR count). The maximum absolute atomic E-state index is 11.7. The van der Waals surface area contributed by atoms with E-state index in [1.165, 1.54) is 6.42 Å². The van der Waals surface area contributed by atoms with E-state index in [1.54, 1.807) is 13.8 Å². The molecule has 3 amide bonds. The van der Waals surface area contributed by atoms with Crippen LogP contribution in [0.1, 0.15) is 33.1 Å². The van der Waals surface area contributed by atoms with E-state index < -0.39 is 18.0 Å². The van der Waals surface area contributed by atoms with Crippen molar-refractivity contribution in [3.8, 4) is 0 Å². The Morgan fingerprint density at radius 1 is 1.37 bits per heavy atom. The Morgan fingerprint density at radius 2 is 2.05 bits per heavy atom. The second-order valence-electron chi connectivity index (χ2n) is 5.01. The number of amides is 3. The van der Waals surface area contributed by atoms with Gasteiger partial charge >= 0.3 is 6.03 Å². The number of carbonyl (C=O) groups excluding carboxylic acids is 2. The molecule has 1 saturated carbocycles. The van der Waals surface area contributed by atoms with Gasteiger partial charge in [-0.05, 0) is 45.1 Å². The van der Waals surface area contributed by atoms with Crippen molar-refractivity contribution < 1.29 is 14.3 Å². The van der Waals surface area contributed by atoms with Gasteiger partial charge in [0.2, 0.25) is 0 Å². The smallest absolute Gasteiger partial charge is 0.321 e. The molecule has 0 bridgehead atoms. The zero-order chi connectivity index (χ0) is 14.3. The first-order chi connectivity index (χ1) is 9.08. The number of nitrogens with one attached hydrogen (secondary N) is 2. The summed E-state index contributed by atoms with van der Waals surface area (Å²) in [5, 5.41) is 4.74. The maximum atomic E-state index is 11.7. The van der Waals surface area contributed by atoms with Crippen molar-refractivity contribution >= 4 is 11.9 Å². The highest BCUT2D eigenvalue weighted by molar-refractivity contribution is 5.96. The second-order valence-corrected chi connectivity index (χ2v) is 5.01. The highest BCUT2D eigenvalue weighted by Crippen LogP contribution is 2.31. The lowest BCUT2D eigenvalue weighted by Gasteiger charge is -2.20. The van der Waals surface area contributed by atoms with E-state index in [0.29, 0.717) is 31.5 Å². The van der Waals surface area contributed by atoms with Crippen molar-refractivity contribution in [1.82, 2.24) is 10.6 Å². The van der Waals surface area contributed by atoms with E-state index in [1.807, 2.05) is 0 Å². The molecule has 0 aromatic carbocycles. The number of nitrogens with two attached hydrogens (primary N) is 1. The van der Waals surface area contributed by atoms with Gasteiger partial charge in [-0.2, -0.15) is 0 Å². The van der Waals surface area contributed by atoms with Gasteiger partial charge < -0.3 is 15.8 Å². The molecule has 6 nitrogen and oxygen atoms in total. The minimum atomic E-state index is -0.623. The summed E-state index contributed by atoms with van der Waals surface area (Å²) < 4.78 is 5.55. The SMILES string of the molecule is CCNC(=O)NC(=O)C(C)OCC1CCCC1CN. The number of carbonyl (C=O) groups is 2. The van der Waals surface area contributed by atoms with E-state index in [2.05, 4.69) is 10.6 Å². The number of ether oxygens (including phenoxy) is 1. The topological polar surface area (TPSA) is 93.5 Å². The molecular formula is C13H25N3O3. The van der Waals surface area contributed by atoms with Crippen LogP contribution in [0.15, 0.2) is 0 Å². The molecule has 0 aromatic heterocycles. The molecule has 0 spiro atoms. The predicted octanol–water partition coefficient (Wildman–Crippen LogP) is 0.612. The van der Waals surface area contributed by atoms with Crippen LogP contribution >= 0.6 is 0 Å². The highest BCUT2D eigenvalue weighted by atomic mass is 16.5. The van der Waals surface area contributed by atoms with Crippen molar-refractivity contribution in [2.45, 2.75) is 39.2 Å². The van der Waals surface area contributed by atoms with Crippen molar-refractivity contribution in [3.05, 3.63) is 0 Å². The molecule has 0 radical (unpaired) electrons. The third-order valence-electron chi connectivity index (χ3n) is 3.62. The average molecular weight is 271 g/mol. The molecule has 1 aliphatic carbocycles. The lowest BCUT2D eigenvalue weighted by molar-refractivity contribution is -0.131. The minimum absolute atomic E-state index is 0.409. The zero-order valence-corrected chi connectivity index (χ0v) is 11.8. The fourth-order valence-corrected chi connectivity index (χ4v) is 2.41. The first-order valence-corrected chi connectivity index (χ1v) is 6.98. The molecule has 0 aliphatic heterocycles. The average Bonchev–Trinajstić information content (AvgIpc) is 2.83. The highest BCUT2D eigenvalue weighted by Gasteiger charge is 2.27. The maximum Gasteiger partial charge on any atom is 0.321 e. The van der Waals surface area contributed by atoms with E-state index in [-0.39, 0.29) is 0 Å². The number of rotatable bonds is 6. The molecule has 1 aliphatic rings. The first kappa shape index (κ1) is 15.9. The van der Waals surface area contributed by atoms with Crippen LogP contribution < -0.4 is 16.4 Å². The van der Waals surface area contributed by atoms with Gasteiger partial charge in [0, 0.05) is 6.54 Å². The van der Waals surface area contributed by atoms with E-state index >= 15 is 0 Å². The number of urea groups is 1. The summed E-state index contributed by atoms with van der Waals surface area (Å²) in [7, 11) is 0. The third-order valence-corrected chi connectivity index (χ3v) is 3.62. The minimum Gasteiger partial charge on any atom is -0.368 e. The molecule has 4 N–H and O–H groups in total. The van der Waals surface area contributed by atoms with Crippen molar-refractivity contribution in [3.63, 3.8) is 0 Å². The molecule has 3 unspecified atom stereocenters. The van der Waals surface area contributed by atoms with E-state index in [4.69, 9.17) is 10.5 Å². The second kappa shape index (κ2) is 8.12. The summed E-state index contributed by atoms with van der Waals surface area (Å²) in [6.45, 7) is 5.13. The fraction of sp³-hybridized carbons (Fsp3) is 0.846. The van der Waals surface area contributed by atoms with Crippen LogP contribution in [0.25, 0.3) is 0 Å². The number of imide groups is 1. The summed E-state index contributed by atoms with van der Waals surface area (Å²) in [6.07, 6.45) is 2.80. The summed E-state index contributed by atoms with van der Waals surface area (Å²) in [6, 6.07) is -0.483. The monoisotopic (exact) mass is 271 g/mol. The van der Waals surface area contributed by atoms with Gasteiger partial charge in [-0.3, -0.25) is 10.1 Å². The molecule has 1 fully saturated rings. The Balaban J connectivity index is 2.28. The molecule has 0 heterocycles. The van der Waals surface area contributed by atoms with Gasteiger partial charge in [0.25, 0.3) is 5.91 Å². The Kier molecular flexibility index (Phi) is 6.80. The van der Waals surface area contributed by atoms with E-state index in [0.717, 1.165) is 12.8 Å². The largest absolute Gasteiger partial charge is 0.368 e. The number of hydrogen-bond acceptors (Lipinski definition) is 4. The van der Waals surface area contributed by atoms with Crippen LogP contribution in [-0.4, -0.2) is 37.7 Å². The first-order valence-electron chi connectivity index (χ1n) is 6.98. The van der Waals surface area contributed by atoms with Crippen molar-refractivity contribution in [2.75, 3.05) is 19.7 Å². The van der Waals surface area contributed by atoms with Gasteiger partial charge in [0.1, 0.15) is 6.10 Å². The van der Waals surface area contributed by atoms with Gasteiger partial charge in [0.15, 0.2) is 0 Å². The molecule has 0 aromatic rings. The Hall–Kier alpha value is -1.14. The van der Waals surface area contributed by atoms with E-state index in [9.17, 15) is 9.59 Å². The van der Waals surface area contributed by atoms with Crippen LogP contribution in [0, 0.1) is 11.8 Å². The molecule has 3 atom stereocenters. The van der Waals surface area contributed by atoms with Gasteiger partial charge in [-0.15, -0.1) is 0 Å². The quantitative estimate of drug-likeness (QED) is 0.660. The standard InChI is InChI=1S/C13H25N3O3/c1-3-15-13(18)16-12(17)9(2)19-8-11-6-4-5-10(11)7-14/h9-11H,3-8,14H2,1-2H3,(H2,15,16,17,18). The van der Waals surface area contributed by atoms with Crippen molar-refractivity contribution in [1.29, 1.82) is 0 Å².